The Morgan fingerprint density at radius 3 is 2.52 bits per heavy atom. The minimum atomic E-state index is -3.82. The molecule has 0 amide bonds. The normalized spacial score (nSPS) is 17.7. The minimum absolute atomic E-state index is 0.0779. The van der Waals surface area contributed by atoms with Crippen molar-refractivity contribution in [3.05, 3.63) is 57.6 Å². The Hall–Kier alpha value is -1.27. The molecule has 1 atom stereocenters. The summed E-state index contributed by atoms with van der Waals surface area (Å²) in [6.45, 7) is 0. The lowest BCUT2D eigenvalue weighted by Gasteiger charge is -2.26. The van der Waals surface area contributed by atoms with E-state index in [2.05, 4.69) is 4.72 Å². The van der Waals surface area contributed by atoms with Gasteiger partial charge in [-0.05, 0) is 54.7 Å². The van der Waals surface area contributed by atoms with E-state index in [9.17, 15) is 8.42 Å². The second-order valence-electron chi connectivity index (χ2n) is 5.58. The van der Waals surface area contributed by atoms with E-state index < -0.39 is 10.0 Å². The number of benzene rings is 2. The number of aryl methyl sites for hydroxylation is 1. The number of nitrogen functional groups attached to an aromatic ring is 1. The van der Waals surface area contributed by atoms with Crippen molar-refractivity contribution in [1.29, 1.82) is 0 Å². The van der Waals surface area contributed by atoms with Crippen LogP contribution in [0.1, 0.15) is 30.0 Å². The van der Waals surface area contributed by atoms with Gasteiger partial charge in [-0.1, -0.05) is 35.3 Å². The molecule has 7 heteroatoms. The molecule has 1 aliphatic carbocycles. The van der Waals surface area contributed by atoms with Crippen LogP contribution >= 0.6 is 23.2 Å². The van der Waals surface area contributed by atoms with Gasteiger partial charge < -0.3 is 5.73 Å². The standard InChI is InChI=1S/C16H16Cl2N2O2S/c17-13-4-2-5-14(18)16(13)23(21,22)20-15-6-1-3-10-9-11(19)7-8-12(10)15/h2,4-5,7-9,15,20H,1,3,6,19H2. The fourth-order valence-electron chi connectivity index (χ4n) is 2.94. The molecule has 0 fully saturated rings. The lowest BCUT2D eigenvalue weighted by atomic mass is 9.88. The van der Waals surface area contributed by atoms with Crippen molar-refractivity contribution < 1.29 is 8.42 Å². The zero-order chi connectivity index (χ0) is 16.6. The molecule has 2 aromatic rings. The van der Waals surface area contributed by atoms with Gasteiger partial charge in [0.15, 0.2) is 0 Å². The average molecular weight is 371 g/mol. The molecule has 0 bridgehead atoms. The molecule has 1 aliphatic rings. The third kappa shape index (κ3) is 3.33. The monoisotopic (exact) mass is 370 g/mol. The highest BCUT2D eigenvalue weighted by Crippen LogP contribution is 2.34. The van der Waals surface area contributed by atoms with Gasteiger partial charge in [-0.15, -0.1) is 0 Å². The summed E-state index contributed by atoms with van der Waals surface area (Å²) in [5, 5.41) is 0.219. The van der Waals surface area contributed by atoms with Gasteiger partial charge in [-0.3, -0.25) is 0 Å². The molecule has 0 radical (unpaired) electrons. The van der Waals surface area contributed by atoms with E-state index in [1.165, 1.54) is 12.1 Å². The van der Waals surface area contributed by atoms with Crippen LogP contribution in [0.4, 0.5) is 5.69 Å². The van der Waals surface area contributed by atoms with E-state index in [0.717, 1.165) is 30.4 Å². The van der Waals surface area contributed by atoms with Crippen molar-refractivity contribution >= 4 is 38.9 Å². The maximum absolute atomic E-state index is 12.7. The molecule has 4 nitrogen and oxygen atoms in total. The molecule has 23 heavy (non-hydrogen) atoms. The Bertz CT molecular complexity index is 833. The van der Waals surface area contributed by atoms with Crippen LogP contribution in [0, 0.1) is 0 Å². The fraction of sp³-hybridized carbons (Fsp3) is 0.250. The highest BCUT2D eigenvalue weighted by atomic mass is 35.5. The number of hydrogen-bond acceptors (Lipinski definition) is 3. The van der Waals surface area contributed by atoms with Crippen LogP contribution in [0.25, 0.3) is 0 Å². The summed E-state index contributed by atoms with van der Waals surface area (Å²) in [4.78, 5) is -0.0779. The summed E-state index contributed by atoms with van der Waals surface area (Å²) >= 11 is 12.1. The summed E-state index contributed by atoms with van der Waals surface area (Å²) in [6, 6.07) is 9.89. The third-order valence-electron chi connectivity index (χ3n) is 3.97. The summed E-state index contributed by atoms with van der Waals surface area (Å²) in [6.07, 6.45) is 2.50. The number of halogens is 2. The highest BCUT2D eigenvalue weighted by Gasteiger charge is 2.28. The van der Waals surface area contributed by atoms with Gasteiger partial charge in [-0.2, -0.15) is 0 Å². The summed E-state index contributed by atoms with van der Waals surface area (Å²) < 4.78 is 28.2. The van der Waals surface area contributed by atoms with Gasteiger partial charge in [0.05, 0.1) is 10.0 Å². The fourth-order valence-corrected chi connectivity index (χ4v) is 5.34. The highest BCUT2D eigenvalue weighted by molar-refractivity contribution is 7.89. The number of anilines is 1. The van der Waals surface area contributed by atoms with Crippen LogP contribution in [0.15, 0.2) is 41.3 Å². The average Bonchev–Trinajstić information content (AvgIpc) is 2.46. The first kappa shape index (κ1) is 16.6. The summed E-state index contributed by atoms with van der Waals surface area (Å²) in [7, 11) is -3.82. The van der Waals surface area contributed by atoms with Gasteiger partial charge in [0.1, 0.15) is 4.90 Å². The molecule has 2 aromatic carbocycles. The number of sulfonamides is 1. The minimum Gasteiger partial charge on any atom is -0.399 e. The van der Waals surface area contributed by atoms with Crippen molar-refractivity contribution in [2.24, 2.45) is 0 Å². The lowest BCUT2D eigenvalue weighted by Crippen LogP contribution is -2.31. The van der Waals surface area contributed by atoms with Gasteiger partial charge >= 0.3 is 0 Å². The molecular formula is C16H16Cl2N2O2S. The van der Waals surface area contributed by atoms with Gasteiger partial charge in [0.25, 0.3) is 0 Å². The number of fused-ring (bicyclic) bond motifs is 1. The van der Waals surface area contributed by atoms with Gasteiger partial charge in [0.2, 0.25) is 10.0 Å². The molecule has 3 rings (SSSR count). The van der Waals surface area contributed by atoms with Crippen LogP contribution in [-0.2, 0) is 16.4 Å². The zero-order valence-corrected chi connectivity index (χ0v) is 14.5. The first-order valence-electron chi connectivity index (χ1n) is 7.23. The molecule has 0 spiro atoms. The SMILES string of the molecule is Nc1ccc2c(c1)CCCC2NS(=O)(=O)c1c(Cl)cccc1Cl. The number of hydrogen-bond donors (Lipinski definition) is 2. The predicted octanol–water partition coefficient (Wildman–Crippen LogP) is 3.93. The first-order valence-corrected chi connectivity index (χ1v) is 9.47. The van der Waals surface area contributed by atoms with Crippen LogP contribution in [-0.4, -0.2) is 8.42 Å². The van der Waals surface area contributed by atoms with Crippen molar-refractivity contribution in [2.75, 3.05) is 5.73 Å². The van der Waals surface area contributed by atoms with Crippen LogP contribution in [0.2, 0.25) is 10.0 Å². The van der Waals surface area contributed by atoms with E-state index in [1.54, 1.807) is 12.1 Å². The summed E-state index contributed by atoms with van der Waals surface area (Å²) in [5.41, 5.74) is 8.53. The second kappa shape index (κ2) is 6.32. The Morgan fingerprint density at radius 2 is 1.83 bits per heavy atom. The molecule has 122 valence electrons. The Morgan fingerprint density at radius 1 is 1.13 bits per heavy atom. The van der Waals surface area contributed by atoms with Crippen LogP contribution < -0.4 is 10.5 Å². The second-order valence-corrected chi connectivity index (χ2v) is 8.04. The number of nitrogens with one attached hydrogen (secondary N) is 1. The molecule has 1 unspecified atom stereocenters. The Kier molecular flexibility index (Phi) is 4.56. The Balaban J connectivity index is 1.97. The van der Waals surface area contributed by atoms with Crippen molar-refractivity contribution in [3.63, 3.8) is 0 Å². The quantitative estimate of drug-likeness (QED) is 0.803. The Labute approximate surface area is 145 Å². The zero-order valence-electron chi connectivity index (χ0n) is 12.2. The smallest absolute Gasteiger partial charge is 0.244 e. The van der Waals surface area contributed by atoms with Crippen molar-refractivity contribution in [2.45, 2.75) is 30.2 Å². The third-order valence-corrected chi connectivity index (χ3v) is 6.39. The first-order chi connectivity index (χ1) is 10.9. The largest absolute Gasteiger partial charge is 0.399 e. The van der Waals surface area contributed by atoms with Crippen LogP contribution in [0.3, 0.4) is 0 Å². The van der Waals surface area contributed by atoms with E-state index in [4.69, 9.17) is 28.9 Å². The van der Waals surface area contributed by atoms with E-state index >= 15 is 0 Å². The maximum atomic E-state index is 12.7. The molecular weight excluding hydrogens is 355 g/mol. The molecule has 3 N–H and O–H groups in total. The molecule has 0 saturated heterocycles. The van der Waals surface area contributed by atoms with E-state index in [1.807, 2.05) is 12.1 Å². The van der Waals surface area contributed by atoms with Gasteiger partial charge in [0, 0.05) is 11.7 Å². The lowest BCUT2D eigenvalue weighted by molar-refractivity contribution is 0.507. The number of rotatable bonds is 3. The molecule has 0 aromatic heterocycles. The maximum Gasteiger partial charge on any atom is 0.244 e. The van der Waals surface area contributed by atoms with Crippen molar-refractivity contribution in [3.8, 4) is 0 Å². The number of nitrogens with two attached hydrogens (primary N) is 1. The summed E-state index contributed by atoms with van der Waals surface area (Å²) in [5.74, 6) is 0. The molecule has 0 saturated carbocycles. The van der Waals surface area contributed by atoms with E-state index in [0.29, 0.717) is 5.69 Å². The van der Waals surface area contributed by atoms with Crippen LogP contribution in [0.5, 0.6) is 0 Å². The van der Waals surface area contributed by atoms with E-state index in [-0.39, 0.29) is 21.0 Å². The topological polar surface area (TPSA) is 72.2 Å². The molecule has 0 aliphatic heterocycles. The van der Waals surface area contributed by atoms with Gasteiger partial charge in [-0.25, -0.2) is 13.1 Å². The van der Waals surface area contributed by atoms with Crippen molar-refractivity contribution in [1.82, 2.24) is 4.72 Å². The predicted molar refractivity (Wildman–Crippen MR) is 93.3 cm³/mol. The molecule has 0 heterocycles.